The Kier molecular flexibility index (Phi) is 31.7. The van der Waals surface area contributed by atoms with Gasteiger partial charge in [0.05, 0.1) is 0 Å². The molecule has 12 unspecified atom stereocenters. The minimum Gasteiger partial charge on any atom is -0.0843 e. The molecule has 12 aliphatic carbocycles. The Labute approximate surface area is 512 Å². The van der Waals surface area contributed by atoms with Crippen LogP contribution in [0.15, 0.2) is 24.3 Å². The van der Waals surface area contributed by atoms with Crippen molar-refractivity contribution in [1.82, 2.24) is 0 Å². The van der Waals surface area contributed by atoms with Gasteiger partial charge in [-0.25, -0.2) is 0 Å². The maximum atomic E-state index is 2.51. The van der Waals surface area contributed by atoms with Crippen LogP contribution >= 0.6 is 0 Å². The van der Waals surface area contributed by atoms with E-state index in [1.807, 2.05) is 0 Å². The number of hydrogen-bond donors (Lipinski definition) is 0. The normalized spacial score (nSPS) is 34.0. The first kappa shape index (κ1) is 71.2. The molecule has 11 saturated carbocycles. The number of fused-ring (bicyclic) bond motifs is 4. The largest absolute Gasteiger partial charge is 0.0843 e. The third-order valence-corrected chi connectivity index (χ3v) is 21.9. The van der Waals surface area contributed by atoms with Crippen LogP contribution in [0, 0.1) is 116 Å². The topological polar surface area (TPSA) is 0 Å². The molecule has 12 rings (SSSR count). The standard InChI is InChI=1S/C19H32.C16H24.C15H26.C11H20.4C5H12/c1-3-7-18-14(5-1)9-11-16(18)13-17-12-10-15-6-2-4-8-19(15)17;1-2-8-14-10-11-15(16(14)9-3-1)12-13-6-4-5-7-13;1-2-6-12(5-1)11-14-10-9-13-7-3-4-8-15(13)14;1-2-6-10(5-1)9-11-7-3-4-8-11;4*1-5(2,3)4/h14-19H,1-13H2;1-3,9,13-16H,4-8,10-12H2;12-15H,1-11H2;10-11H,1-9H2;4*1-4H3. The Morgan fingerprint density at radius 3 is 0.852 bits per heavy atom. The summed E-state index contributed by atoms with van der Waals surface area (Å²) >= 11 is 0. The van der Waals surface area contributed by atoms with Gasteiger partial charge in [0.25, 0.3) is 0 Å². The van der Waals surface area contributed by atoms with Crippen molar-refractivity contribution >= 4 is 0 Å². The first-order chi connectivity index (χ1) is 38.2. The van der Waals surface area contributed by atoms with Crippen molar-refractivity contribution in [2.24, 2.45) is 116 Å². The Morgan fingerprint density at radius 2 is 0.506 bits per heavy atom. The molecule has 0 spiro atoms. The fraction of sp³-hybridized carbons (Fsp3) is 0.951. The van der Waals surface area contributed by atoms with Gasteiger partial charge in [0.15, 0.2) is 0 Å². The summed E-state index contributed by atoms with van der Waals surface area (Å²) < 4.78 is 0. The Bertz CT molecular complexity index is 1520. The van der Waals surface area contributed by atoms with E-state index in [0.717, 1.165) is 88.8 Å². The lowest BCUT2D eigenvalue weighted by Gasteiger charge is -2.34. The SMILES string of the molecule is C1=CCC2CCC(CC3CCCC3)C2C=C1.C1CCC(CC2CCC3CCCCC32)C1.C1CCC(CC2CCCC2)C1.C1CCC2C(C1)CCC2CC1CCC2CCCCC21.CC(C)(C)C.CC(C)(C)C.CC(C)(C)C.CC(C)(C)C. The van der Waals surface area contributed by atoms with Gasteiger partial charge in [0.2, 0.25) is 0 Å². The van der Waals surface area contributed by atoms with Gasteiger partial charge in [-0.2, -0.15) is 0 Å². The van der Waals surface area contributed by atoms with Crippen molar-refractivity contribution < 1.29 is 0 Å². The summed E-state index contributed by atoms with van der Waals surface area (Å²) in [7, 11) is 0. The molecule has 0 radical (unpaired) electrons. The number of hydrogen-bond acceptors (Lipinski definition) is 0. The zero-order valence-corrected chi connectivity index (χ0v) is 58.5. The van der Waals surface area contributed by atoms with E-state index >= 15 is 0 Å². The zero-order chi connectivity index (χ0) is 59.1. The molecular weight excluding hydrogens is 973 g/mol. The first-order valence-corrected chi connectivity index (χ1v) is 37.6. The molecule has 81 heavy (non-hydrogen) atoms. The van der Waals surface area contributed by atoms with Crippen LogP contribution in [-0.2, 0) is 0 Å². The molecule has 12 aliphatic rings. The van der Waals surface area contributed by atoms with Gasteiger partial charge in [0, 0.05) is 0 Å². The minimum absolute atomic E-state index is 0.500. The molecule has 0 saturated heterocycles. The lowest BCUT2D eigenvalue weighted by atomic mass is 9.72. The van der Waals surface area contributed by atoms with Crippen LogP contribution in [0.3, 0.4) is 0 Å². The van der Waals surface area contributed by atoms with Gasteiger partial charge in [-0.3, -0.25) is 0 Å². The Balaban J connectivity index is 0.000000180. The second-order valence-corrected chi connectivity index (χ2v) is 37.4. The van der Waals surface area contributed by atoms with E-state index in [0.29, 0.717) is 21.7 Å². The van der Waals surface area contributed by atoms with Crippen molar-refractivity contribution in [3.8, 4) is 0 Å². The predicted molar refractivity (Wildman–Crippen MR) is 364 cm³/mol. The Hall–Kier alpha value is -0.520. The highest BCUT2D eigenvalue weighted by Crippen LogP contribution is 2.54. The molecule has 0 nitrogen and oxygen atoms in total. The van der Waals surface area contributed by atoms with E-state index in [2.05, 4.69) is 135 Å². The van der Waals surface area contributed by atoms with Crippen LogP contribution < -0.4 is 0 Å². The molecule has 0 N–H and O–H groups in total. The van der Waals surface area contributed by atoms with Crippen molar-refractivity contribution in [1.29, 1.82) is 0 Å². The molecule has 0 bridgehead atoms. The average Bonchev–Trinajstić information content (AvgIpc) is 4.28. The van der Waals surface area contributed by atoms with Crippen LogP contribution in [0.5, 0.6) is 0 Å². The maximum Gasteiger partial charge on any atom is -0.0171 e. The minimum atomic E-state index is 0.500. The molecule has 0 aromatic rings. The van der Waals surface area contributed by atoms with E-state index in [1.165, 1.54) is 102 Å². The fourth-order valence-corrected chi connectivity index (χ4v) is 18.7. The third-order valence-electron chi connectivity index (χ3n) is 21.9. The van der Waals surface area contributed by atoms with Crippen LogP contribution in [0.1, 0.15) is 374 Å². The van der Waals surface area contributed by atoms with Crippen molar-refractivity contribution in [3.63, 3.8) is 0 Å². The van der Waals surface area contributed by atoms with Gasteiger partial charge in [-0.05, 0) is 219 Å². The van der Waals surface area contributed by atoms with E-state index in [1.54, 1.807) is 167 Å². The molecule has 12 atom stereocenters. The summed E-state index contributed by atoms with van der Waals surface area (Å²) in [5.41, 5.74) is 2.00. The average molecular weight is 1120 g/mol. The highest BCUT2D eigenvalue weighted by Gasteiger charge is 2.43. The monoisotopic (exact) mass is 1120 g/mol. The summed E-state index contributed by atoms with van der Waals surface area (Å²) in [5, 5.41) is 0. The summed E-state index contributed by atoms with van der Waals surface area (Å²) in [6, 6.07) is 0. The molecule has 11 fully saturated rings. The van der Waals surface area contributed by atoms with Crippen LogP contribution in [0.4, 0.5) is 0 Å². The van der Waals surface area contributed by atoms with Gasteiger partial charge >= 0.3 is 0 Å². The predicted octanol–water partition coefficient (Wildman–Crippen LogP) is 27.3. The van der Waals surface area contributed by atoms with E-state index in [4.69, 9.17) is 0 Å². The van der Waals surface area contributed by atoms with E-state index in [-0.39, 0.29) is 0 Å². The van der Waals surface area contributed by atoms with Crippen molar-refractivity contribution in [3.05, 3.63) is 24.3 Å². The highest BCUT2D eigenvalue weighted by atomic mass is 14.5. The van der Waals surface area contributed by atoms with Crippen LogP contribution in [0.25, 0.3) is 0 Å². The second-order valence-electron chi connectivity index (χ2n) is 37.4. The molecular formula is C81H150. The highest BCUT2D eigenvalue weighted by molar-refractivity contribution is 5.12. The zero-order valence-electron chi connectivity index (χ0n) is 58.5. The molecule has 474 valence electrons. The van der Waals surface area contributed by atoms with Gasteiger partial charge in [-0.1, -0.05) is 296 Å². The summed E-state index contributed by atoms with van der Waals surface area (Å²) in [5.74, 6) is 17.8. The van der Waals surface area contributed by atoms with Gasteiger partial charge in [0.1, 0.15) is 0 Å². The van der Waals surface area contributed by atoms with Crippen molar-refractivity contribution in [2.75, 3.05) is 0 Å². The van der Waals surface area contributed by atoms with Crippen LogP contribution in [-0.4, -0.2) is 0 Å². The lowest BCUT2D eigenvalue weighted by molar-refractivity contribution is 0.164. The molecule has 0 heterocycles. The maximum absolute atomic E-state index is 2.51. The summed E-state index contributed by atoms with van der Waals surface area (Å²) in [6.45, 7) is 35.0. The summed E-state index contributed by atoms with van der Waals surface area (Å²) in [4.78, 5) is 0. The fourth-order valence-electron chi connectivity index (χ4n) is 18.7. The molecule has 0 aromatic heterocycles. The quantitative estimate of drug-likeness (QED) is 0.227. The molecule has 0 aliphatic heterocycles. The third kappa shape index (κ3) is 30.8. The molecule has 0 aromatic carbocycles. The first-order valence-electron chi connectivity index (χ1n) is 37.6. The van der Waals surface area contributed by atoms with E-state index in [9.17, 15) is 0 Å². The van der Waals surface area contributed by atoms with E-state index < -0.39 is 0 Å². The van der Waals surface area contributed by atoms with Crippen LogP contribution in [0.2, 0.25) is 0 Å². The summed E-state index contributed by atoms with van der Waals surface area (Å²) in [6.07, 6.45) is 73.0. The van der Waals surface area contributed by atoms with Crippen molar-refractivity contribution in [2.45, 2.75) is 374 Å². The second kappa shape index (κ2) is 36.1. The Morgan fingerprint density at radius 1 is 0.247 bits per heavy atom. The number of allylic oxidation sites excluding steroid dienone is 4. The van der Waals surface area contributed by atoms with Gasteiger partial charge < -0.3 is 0 Å². The lowest BCUT2D eigenvalue weighted by Crippen LogP contribution is -2.24. The van der Waals surface area contributed by atoms with Gasteiger partial charge in [-0.15, -0.1) is 0 Å². The smallest absolute Gasteiger partial charge is 0.0171 e. The number of rotatable bonds is 8. The molecule has 0 amide bonds. The molecule has 0 heteroatoms.